The Hall–Kier alpha value is -5.04. The number of rotatable bonds is 10. The summed E-state index contributed by atoms with van der Waals surface area (Å²) >= 11 is 1.65. The molecule has 0 unspecified atom stereocenters. The Kier molecular flexibility index (Phi) is 9.96. The van der Waals surface area contributed by atoms with Gasteiger partial charge in [-0.1, -0.05) is 55.8 Å². The molecule has 0 N–H and O–H groups in total. The Labute approximate surface area is 365 Å². The first-order valence-corrected chi connectivity index (χ1v) is 22.7. The first-order valence-electron chi connectivity index (χ1n) is 19.8. The molecule has 0 radical (unpaired) electrons. The average molecular weight is 887 g/mol. The molecule has 0 fully saturated rings. The molecular formula is C47H38N2O10S3-2. The van der Waals surface area contributed by atoms with Gasteiger partial charge in [0.1, 0.15) is 21.6 Å². The zero-order chi connectivity index (χ0) is 43.3. The van der Waals surface area contributed by atoms with E-state index in [1.807, 2.05) is 42.5 Å². The van der Waals surface area contributed by atoms with Gasteiger partial charge in [-0.05, 0) is 109 Å². The molecule has 3 aliphatic heterocycles. The average Bonchev–Trinajstić information content (AvgIpc) is 3.69. The predicted molar refractivity (Wildman–Crippen MR) is 233 cm³/mol. The largest absolute Gasteiger partial charge is 0.744 e. The fourth-order valence-electron chi connectivity index (χ4n) is 9.71. The van der Waals surface area contributed by atoms with Crippen LogP contribution in [0, 0.1) is 6.92 Å². The van der Waals surface area contributed by atoms with Gasteiger partial charge in [-0.15, -0.1) is 0 Å². The molecule has 15 heteroatoms. The summed E-state index contributed by atoms with van der Waals surface area (Å²) in [6.45, 7) is 12.6. The fraction of sp³-hybridized carbons (Fsp3) is 0.213. The van der Waals surface area contributed by atoms with Crippen molar-refractivity contribution in [2.75, 3.05) is 18.0 Å². The van der Waals surface area contributed by atoms with Crippen molar-refractivity contribution >= 4 is 84.0 Å². The predicted octanol–water partition coefficient (Wildman–Crippen LogP) is 7.17. The maximum atomic E-state index is 12.6. The van der Waals surface area contributed by atoms with Gasteiger partial charge in [-0.2, -0.15) is 8.67 Å². The lowest BCUT2D eigenvalue weighted by Gasteiger charge is -2.28. The van der Waals surface area contributed by atoms with Crippen molar-refractivity contribution in [3.63, 3.8) is 0 Å². The highest BCUT2D eigenvalue weighted by Gasteiger charge is 2.46. The Morgan fingerprint density at radius 2 is 1.44 bits per heavy atom. The number of fused-ring (bicyclic) bond motifs is 13. The van der Waals surface area contributed by atoms with Gasteiger partial charge in [0.05, 0.1) is 51.0 Å². The van der Waals surface area contributed by atoms with Crippen molar-refractivity contribution in [1.82, 2.24) is 4.58 Å². The number of aryl methyl sites for hydroxylation is 1. The molecule has 0 atom stereocenters. The zero-order valence-corrected chi connectivity index (χ0v) is 36.6. The quantitative estimate of drug-likeness (QED) is 0.0341. The molecule has 0 bridgehead atoms. The second-order valence-corrected chi connectivity index (χ2v) is 20.3. The van der Waals surface area contributed by atoms with Crippen LogP contribution in [0.3, 0.4) is 0 Å². The molecule has 7 aromatic carbocycles. The molecule has 0 aromatic heterocycles. The van der Waals surface area contributed by atoms with Crippen LogP contribution in [-0.4, -0.2) is 26.1 Å². The van der Waals surface area contributed by atoms with E-state index < -0.39 is 20.9 Å². The van der Waals surface area contributed by atoms with E-state index in [2.05, 4.69) is 105 Å². The molecular weight excluding hydrogens is 849 g/mol. The van der Waals surface area contributed by atoms with Gasteiger partial charge in [0.15, 0.2) is 13.1 Å². The van der Waals surface area contributed by atoms with Crippen LogP contribution in [0.5, 0.6) is 11.5 Å². The lowest BCUT2D eigenvalue weighted by atomic mass is 9.80. The minimum Gasteiger partial charge on any atom is -0.744 e. The minimum absolute atomic E-state index is 0.288. The summed E-state index contributed by atoms with van der Waals surface area (Å²) in [5.74, 6) is 1.44. The van der Waals surface area contributed by atoms with E-state index in [1.54, 1.807) is 6.07 Å². The number of ether oxygens (including phenoxy) is 1. The van der Waals surface area contributed by atoms with Crippen molar-refractivity contribution < 1.29 is 47.0 Å². The summed E-state index contributed by atoms with van der Waals surface area (Å²) in [5.41, 5.74) is 6.09. The molecule has 10 rings (SSSR count). The second kappa shape index (κ2) is 15.1. The van der Waals surface area contributed by atoms with E-state index in [4.69, 9.17) is 4.74 Å². The lowest BCUT2D eigenvalue weighted by molar-refractivity contribution is -0.777. The van der Waals surface area contributed by atoms with Crippen molar-refractivity contribution in [1.29, 1.82) is 0 Å². The molecule has 3 heterocycles. The van der Waals surface area contributed by atoms with Gasteiger partial charge in [0.2, 0.25) is 5.36 Å². The summed E-state index contributed by atoms with van der Waals surface area (Å²) in [4.78, 5) is 3.37. The Bertz CT molecular complexity index is 3260. The van der Waals surface area contributed by atoms with Crippen LogP contribution in [-0.2, 0) is 46.2 Å². The molecule has 0 amide bonds. The molecule has 0 saturated heterocycles. The molecule has 0 saturated carbocycles. The van der Waals surface area contributed by atoms with E-state index in [0.29, 0.717) is 40.6 Å². The van der Waals surface area contributed by atoms with Gasteiger partial charge in [0.25, 0.3) is 0 Å². The van der Waals surface area contributed by atoms with E-state index in [1.165, 1.54) is 12.1 Å². The van der Waals surface area contributed by atoms with Gasteiger partial charge in [0, 0.05) is 54.7 Å². The van der Waals surface area contributed by atoms with E-state index >= 15 is 0 Å². The molecule has 62 heavy (non-hydrogen) atoms. The Morgan fingerprint density at radius 3 is 2.15 bits per heavy atom. The molecule has 3 aliphatic rings. The van der Waals surface area contributed by atoms with Crippen LogP contribution >= 0.6 is 24.1 Å². The highest BCUT2D eigenvalue weighted by molar-refractivity contribution is 7.94. The number of anilines is 2. The summed E-state index contributed by atoms with van der Waals surface area (Å²) in [7, 11) is -4.78. The van der Waals surface area contributed by atoms with Crippen LogP contribution in [0.4, 0.5) is 11.4 Å². The van der Waals surface area contributed by atoms with Crippen LogP contribution in [0.2, 0.25) is 0 Å². The topological polar surface area (TPSA) is 156 Å². The summed E-state index contributed by atoms with van der Waals surface area (Å²) in [5, 5.41) is 35.3. The number of hydrogen-bond donors (Lipinski definition) is 0. The van der Waals surface area contributed by atoms with Crippen molar-refractivity contribution in [3.05, 3.63) is 135 Å². The molecule has 316 valence electrons. The summed E-state index contributed by atoms with van der Waals surface area (Å²) in [6, 6.07) is 30.8. The SMILES string of the molecule is Cc1ccc(C[N+]2=c3c(c4c(c5ccc(S(=O)(=O)[O-])cc35)=Cc3c(c5c(c6cc7cc(SOO[O-])ccc7cc36)N(c3ccc(SOO[O-])cc3)CC5(C)C)O4)C(C)(C)C2)cc1. The van der Waals surface area contributed by atoms with Crippen molar-refractivity contribution in [2.45, 2.75) is 66.7 Å². The maximum Gasteiger partial charge on any atom is 0.216 e. The van der Waals surface area contributed by atoms with E-state index in [9.17, 15) is 23.5 Å². The van der Waals surface area contributed by atoms with E-state index in [0.717, 1.165) is 107 Å². The first-order chi connectivity index (χ1) is 29.6. The number of benzene rings is 7. The van der Waals surface area contributed by atoms with Crippen LogP contribution in [0.15, 0.2) is 112 Å². The molecule has 0 spiro atoms. The Morgan fingerprint density at radius 1 is 0.742 bits per heavy atom. The van der Waals surface area contributed by atoms with Gasteiger partial charge in [-0.3, -0.25) is 10.1 Å². The lowest BCUT2D eigenvalue weighted by Crippen LogP contribution is -2.30. The van der Waals surface area contributed by atoms with Gasteiger partial charge >= 0.3 is 0 Å². The summed E-state index contributed by atoms with van der Waals surface area (Å²) < 4.78 is 56.8. The maximum absolute atomic E-state index is 12.6. The van der Waals surface area contributed by atoms with Crippen molar-refractivity contribution in [3.8, 4) is 11.5 Å². The monoisotopic (exact) mass is 886 g/mol. The van der Waals surface area contributed by atoms with Gasteiger partial charge < -0.3 is 24.7 Å². The summed E-state index contributed by atoms with van der Waals surface area (Å²) in [6.07, 6.45) is 2.17. The van der Waals surface area contributed by atoms with Gasteiger partial charge in [-0.25, -0.2) is 13.0 Å². The van der Waals surface area contributed by atoms with Crippen LogP contribution in [0.25, 0.3) is 38.4 Å². The van der Waals surface area contributed by atoms with Crippen LogP contribution in [0.1, 0.15) is 55.5 Å². The highest BCUT2D eigenvalue weighted by atomic mass is 32.2. The first kappa shape index (κ1) is 41.0. The minimum atomic E-state index is -4.78. The highest BCUT2D eigenvalue weighted by Crippen LogP contribution is 2.56. The fourth-order valence-corrected chi connectivity index (χ4v) is 11.0. The zero-order valence-electron chi connectivity index (χ0n) is 34.1. The smallest absolute Gasteiger partial charge is 0.216 e. The standard InChI is InChI=1S/C47H40N2O10S3/c1-26-6-8-27(9-7-26)23-48-24-46(2,3)40-42(48)37-21-33(62(52,53)54)16-17-34(37)38-22-39-35-19-28-10-13-32(61-59-57-51)18-29(28)20-36(35)43-41(45(39)55-44(38)40)47(4,5)25-49(43)30-11-14-31(15-12-30)60-58-56-50/h6-22H,23-25H2,1-5H3,(H2-,50,51,52,53,54)/p-2. The van der Waals surface area contributed by atoms with E-state index in [-0.39, 0.29) is 4.90 Å². The third-order valence-electron chi connectivity index (χ3n) is 12.3. The third-order valence-corrected chi connectivity index (χ3v) is 14.3. The van der Waals surface area contributed by atoms with Crippen molar-refractivity contribution in [2.24, 2.45) is 0 Å². The number of nitrogens with zero attached hydrogens (tertiary/aromatic N) is 2. The molecule has 12 nitrogen and oxygen atoms in total. The normalized spacial score (nSPS) is 16.0. The molecule has 0 aliphatic carbocycles. The third kappa shape index (κ3) is 6.84. The number of hydrogen-bond acceptors (Lipinski definition) is 13. The Balaban J connectivity index is 1.30. The van der Waals surface area contributed by atoms with Crippen LogP contribution < -0.4 is 35.3 Å². The molecule has 7 aromatic rings. The second-order valence-electron chi connectivity index (χ2n) is 17.4.